The molecule has 2 aromatic carbocycles. The Balaban J connectivity index is 1.61. The monoisotopic (exact) mass is 338 g/mol. The fourth-order valence-corrected chi connectivity index (χ4v) is 3.32. The summed E-state index contributed by atoms with van der Waals surface area (Å²) in [6, 6.07) is 12.5. The van der Waals surface area contributed by atoms with E-state index < -0.39 is 4.92 Å². The number of nitrogens with one attached hydrogen (secondary N) is 1. The summed E-state index contributed by atoms with van der Waals surface area (Å²) in [7, 11) is 0. The van der Waals surface area contributed by atoms with Crippen molar-refractivity contribution < 1.29 is 9.72 Å². The number of nitro groups is 1. The van der Waals surface area contributed by atoms with E-state index in [9.17, 15) is 14.9 Å². The van der Waals surface area contributed by atoms with E-state index in [4.69, 9.17) is 0 Å². The Morgan fingerprint density at radius 2 is 1.80 bits per heavy atom. The number of aryl methyl sites for hydroxylation is 2. The molecule has 5 nitrogen and oxygen atoms in total. The van der Waals surface area contributed by atoms with Gasteiger partial charge >= 0.3 is 0 Å². The molecule has 0 spiro atoms. The number of carbonyl (C=O) groups is 1. The Bertz CT molecular complexity index is 784. The van der Waals surface area contributed by atoms with Gasteiger partial charge in [0.1, 0.15) is 0 Å². The minimum atomic E-state index is -0.442. The standard InChI is InChI=1S/C20H22N2O3/c1-14(17-9-8-16-4-2-3-5-18(16)13-17)21-20(23)12-15-6-10-19(11-7-15)22(24)25/h6-11,13-14H,2-5,12H2,1H3,(H,21,23)/t14-/m1/s1. The van der Waals surface area contributed by atoms with E-state index in [2.05, 4.69) is 23.5 Å². The number of nitro benzene ring substituents is 1. The third-order valence-electron chi connectivity index (χ3n) is 4.76. The third-order valence-corrected chi connectivity index (χ3v) is 4.76. The number of non-ortho nitro benzene ring substituents is 1. The summed E-state index contributed by atoms with van der Waals surface area (Å²) in [4.78, 5) is 22.5. The number of fused-ring (bicyclic) bond motifs is 1. The van der Waals surface area contributed by atoms with Gasteiger partial charge < -0.3 is 5.32 Å². The van der Waals surface area contributed by atoms with Crippen molar-refractivity contribution in [2.45, 2.75) is 45.1 Å². The molecule has 0 heterocycles. The zero-order valence-corrected chi connectivity index (χ0v) is 14.3. The number of hydrogen-bond donors (Lipinski definition) is 1. The number of nitrogens with zero attached hydrogens (tertiary/aromatic N) is 1. The summed E-state index contributed by atoms with van der Waals surface area (Å²) >= 11 is 0. The van der Waals surface area contributed by atoms with Crippen molar-refractivity contribution in [1.29, 1.82) is 0 Å². The average molecular weight is 338 g/mol. The first-order chi connectivity index (χ1) is 12.0. The lowest BCUT2D eigenvalue weighted by atomic mass is 9.89. The number of carbonyl (C=O) groups excluding carboxylic acids is 1. The predicted octanol–water partition coefficient (Wildman–Crippen LogP) is 3.89. The quantitative estimate of drug-likeness (QED) is 0.664. The highest BCUT2D eigenvalue weighted by Gasteiger charge is 2.14. The first-order valence-electron chi connectivity index (χ1n) is 8.67. The second kappa shape index (κ2) is 7.47. The zero-order valence-electron chi connectivity index (χ0n) is 14.3. The molecule has 0 saturated carbocycles. The summed E-state index contributed by atoms with van der Waals surface area (Å²) in [5.41, 5.74) is 4.75. The molecule has 1 aliphatic carbocycles. The van der Waals surface area contributed by atoms with E-state index >= 15 is 0 Å². The molecule has 1 N–H and O–H groups in total. The molecule has 3 rings (SSSR count). The van der Waals surface area contributed by atoms with Crippen LogP contribution in [0.5, 0.6) is 0 Å². The van der Waals surface area contributed by atoms with Gasteiger partial charge in [-0.15, -0.1) is 0 Å². The second-order valence-corrected chi connectivity index (χ2v) is 6.62. The Morgan fingerprint density at radius 3 is 2.48 bits per heavy atom. The fraction of sp³-hybridized carbons (Fsp3) is 0.350. The number of benzene rings is 2. The van der Waals surface area contributed by atoms with Crippen LogP contribution in [0, 0.1) is 10.1 Å². The van der Waals surface area contributed by atoms with Crippen molar-refractivity contribution in [2.75, 3.05) is 0 Å². The first-order valence-corrected chi connectivity index (χ1v) is 8.67. The van der Waals surface area contributed by atoms with Crippen molar-refractivity contribution in [2.24, 2.45) is 0 Å². The molecule has 0 bridgehead atoms. The Hall–Kier alpha value is -2.69. The largest absolute Gasteiger partial charge is 0.349 e. The normalized spacial score (nSPS) is 14.4. The lowest BCUT2D eigenvalue weighted by Gasteiger charge is -2.20. The number of amides is 1. The van der Waals surface area contributed by atoms with Gasteiger partial charge in [0.2, 0.25) is 5.91 Å². The molecule has 0 radical (unpaired) electrons. The highest BCUT2D eigenvalue weighted by molar-refractivity contribution is 5.79. The van der Waals surface area contributed by atoms with Gasteiger partial charge in [-0.3, -0.25) is 14.9 Å². The number of hydrogen-bond acceptors (Lipinski definition) is 3. The van der Waals surface area contributed by atoms with Gasteiger partial charge in [0.15, 0.2) is 0 Å². The van der Waals surface area contributed by atoms with Crippen molar-refractivity contribution in [3.63, 3.8) is 0 Å². The highest BCUT2D eigenvalue weighted by atomic mass is 16.6. The van der Waals surface area contributed by atoms with Crippen LogP contribution >= 0.6 is 0 Å². The molecule has 1 atom stereocenters. The van der Waals surface area contributed by atoms with E-state index in [1.165, 1.54) is 36.1 Å². The summed E-state index contributed by atoms with van der Waals surface area (Å²) in [6.07, 6.45) is 4.97. The van der Waals surface area contributed by atoms with Crippen LogP contribution in [0.4, 0.5) is 5.69 Å². The molecule has 25 heavy (non-hydrogen) atoms. The molecule has 0 saturated heterocycles. The van der Waals surface area contributed by atoms with Crippen molar-refractivity contribution >= 4 is 11.6 Å². The molecule has 0 fully saturated rings. The average Bonchev–Trinajstić information content (AvgIpc) is 2.61. The van der Waals surface area contributed by atoms with E-state index in [0.29, 0.717) is 0 Å². The maximum Gasteiger partial charge on any atom is 0.269 e. The smallest absolute Gasteiger partial charge is 0.269 e. The van der Waals surface area contributed by atoms with E-state index in [-0.39, 0.29) is 24.1 Å². The lowest BCUT2D eigenvalue weighted by molar-refractivity contribution is -0.384. The van der Waals surface area contributed by atoms with Gasteiger partial charge in [-0.2, -0.15) is 0 Å². The summed E-state index contributed by atoms with van der Waals surface area (Å²) in [5, 5.41) is 13.7. The van der Waals surface area contributed by atoms with E-state index in [1.54, 1.807) is 12.1 Å². The SMILES string of the molecule is C[C@@H](NC(=O)Cc1ccc([N+](=O)[O-])cc1)c1ccc2c(c1)CCCC2. The molecular formula is C20H22N2O3. The van der Waals surface area contributed by atoms with E-state index in [1.807, 2.05) is 6.92 Å². The Morgan fingerprint density at radius 1 is 1.12 bits per heavy atom. The van der Waals surface area contributed by atoms with Gasteiger partial charge in [0.25, 0.3) is 5.69 Å². The molecule has 5 heteroatoms. The Labute approximate surface area is 147 Å². The molecule has 1 aliphatic rings. The third kappa shape index (κ3) is 4.24. The van der Waals surface area contributed by atoms with Crippen LogP contribution < -0.4 is 5.32 Å². The van der Waals surface area contributed by atoms with Crippen LogP contribution in [0.2, 0.25) is 0 Å². The first kappa shape index (κ1) is 17.1. The van der Waals surface area contributed by atoms with Gasteiger partial charge in [-0.25, -0.2) is 0 Å². The van der Waals surface area contributed by atoms with Gasteiger partial charge in [-0.1, -0.05) is 30.3 Å². The van der Waals surface area contributed by atoms with Gasteiger partial charge in [0, 0.05) is 12.1 Å². The maximum atomic E-state index is 12.3. The number of rotatable bonds is 5. The van der Waals surface area contributed by atoms with Crippen LogP contribution in [-0.4, -0.2) is 10.8 Å². The summed E-state index contributed by atoms with van der Waals surface area (Å²) < 4.78 is 0. The topological polar surface area (TPSA) is 72.2 Å². The highest BCUT2D eigenvalue weighted by Crippen LogP contribution is 2.24. The minimum absolute atomic E-state index is 0.0339. The zero-order chi connectivity index (χ0) is 17.8. The summed E-state index contributed by atoms with van der Waals surface area (Å²) in [6.45, 7) is 1.98. The summed E-state index contributed by atoms with van der Waals surface area (Å²) in [5.74, 6) is -0.0842. The molecule has 1 amide bonds. The van der Waals surface area contributed by atoms with Crippen molar-refractivity contribution in [3.05, 3.63) is 74.8 Å². The molecule has 0 aliphatic heterocycles. The van der Waals surface area contributed by atoms with Crippen molar-refractivity contribution in [1.82, 2.24) is 5.32 Å². The molecule has 0 aromatic heterocycles. The van der Waals surface area contributed by atoms with Gasteiger partial charge in [0.05, 0.1) is 17.4 Å². The minimum Gasteiger partial charge on any atom is -0.349 e. The van der Waals surface area contributed by atoms with Crippen LogP contribution in [0.1, 0.15) is 48.1 Å². The predicted molar refractivity (Wildman–Crippen MR) is 96.4 cm³/mol. The molecular weight excluding hydrogens is 316 g/mol. The molecule has 2 aromatic rings. The Kier molecular flexibility index (Phi) is 5.12. The van der Waals surface area contributed by atoms with Crippen molar-refractivity contribution in [3.8, 4) is 0 Å². The van der Waals surface area contributed by atoms with E-state index in [0.717, 1.165) is 24.0 Å². The van der Waals surface area contributed by atoms with Crippen LogP contribution in [0.25, 0.3) is 0 Å². The second-order valence-electron chi connectivity index (χ2n) is 6.62. The van der Waals surface area contributed by atoms with Crippen LogP contribution in [0.3, 0.4) is 0 Å². The molecule has 0 unspecified atom stereocenters. The lowest BCUT2D eigenvalue weighted by Crippen LogP contribution is -2.28. The maximum absolute atomic E-state index is 12.3. The molecule has 130 valence electrons. The van der Waals surface area contributed by atoms with Gasteiger partial charge in [-0.05, 0) is 54.9 Å². The van der Waals surface area contributed by atoms with Crippen LogP contribution in [-0.2, 0) is 24.1 Å². The van der Waals surface area contributed by atoms with Crippen LogP contribution in [0.15, 0.2) is 42.5 Å². The fourth-order valence-electron chi connectivity index (χ4n) is 3.32.